The highest BCUT2D eigenvalue weighted by molar-refractivity contribution is 5.25. The van der Waals surface area contributed by atoms with E-state index in [0.29, 0.717) is 0 Å². The summed E-state index contributed by atoms with van der Waals surface area (Å²) in [6, 6.07) is 0. The second-order valence-electron chi connectivity index (χ2n) is 4.88. The van der Waals surface area contributed by atoms with E-state index in [9.17, 15) is 0 Å². The number of aromatic nitrogens is 2. The van der Waals surface area contributed by atoms with Gasteiger partial charge in [0.1, 0.15) is 0 Å². The Balaban J connectivity index is 1.80. The molecule has 1 N–H and O–H groups in total. The van der Waals surface area contributed by atoms with E-state index < -0.39 is 0 Å². The number of imidazole rings is 1. The lowest BCUT2D eigenvalue weighted by Crippen LogP contribution is -2.22. The number of nitrogens with zero attached hydrogens (tertiary/aromatic N) is 2. The zero-order valence-electron chi connectivity index (χ0n) is 9.74. The van der Waals surface area contributed by atoms with Crippen molar-refractivity contribution in [3.8, 4) is 0 Å². The summed E-state index contributed by atoms with van der Waals surface area (Å²) in [5, 5.41) is 3.44. The van der Waals surface area contributed by atoms with Crippen molar-refractivity contribution in [2.45, 2.75) is 32.6 Å². The van der Waals surface area contributed by atoms with E-state index >= 15 is 0 Å². The van der Waals surface area contributed by atoms with Crippen LogP contribution < -0.4 is 5.32 Å². The first kappa shape index (κ1) is 10.5. The van der Waals surface area contributed by atoms with E-state index in [4.69, 9.17) is 0 Å². The maximum absolute atomic E-state index is 4.27. The topological polar surface area (TPSA) is 29.9 Å². The Labute approximate surface area is 91.9 Å². The average Bonchev–Trinajstić information content (AvgIpc) is 2.61. The van der Waals surface area contributed by atoms with Crippen molar-refractivity contribution < 1.29 is 0 Å². The summed E-state index contributed by atoms with van der Waals surface area (Å²) in [4.78, 5) is 4.27. The third-order valence-corrected chi connectivity index (χ3v) is 3.42. The standard InChI is InChI=1S/C12H21N3/c1-10-4-3-5-11(8-10)9-14-12-13-6-7-15(12)2/h6-7,10-11H,3-5,8-9H2,1-2H3,(H,13,14). The summed E-state index contributed by atoms with van der Waals surface area (Å²) in [5.74, 6) is 2.74. The molecule has 0 saturated heterocycles. The van der Waals surface area contributed by atoms with Crippen LogP contribution in [-0.4, -0.2) is 16.1 Å². The molecule has 1 aromatic heterocycles. The van der Waals surface area contributed by atoms with Crippen LogP contribution in [0, 0.1) is 11.8 Å². The van der Waals surface area contributed by atoms with E-state index in [1.54, 1.807) is 0 Å². The number of hydrogen-bond acceptors (Lipinski definition) is 2. The molecule has 0 bridgehead atoms. The van der Waals surface area contributed by atoms with Gasteiger partial charge in [0.05, 0.1) is 0 Å². The Kier molecular flexibility index (Phi) is 3.29. The van der Waals surface area contributed by atoms with Crippen molar-refractivity contribution in [3.63, 3.8) is 0 Å². The molecule has 84 valence electrons. The van der Waals surface area contributed by atoms with Crippen molar-refractivity contribution in [1.29, 1.82) is 0 Å². The molecule has 1 aliphatic carbocycles. The maximum Gasteiger partial charge on any atom is 0.202 e. The minimum absolute atomic E-state index is 0.838. The lowest BCUT2D eigenvalue weighted by molar-refractivity contribution is 0.293. The molecular formula is C12H21N3. The van der Waals surface area contributed by atoms with Crippen LogP contribution in [-0.2, 0) is 7.05 Å². The van der Waals surface area contributed by atoms with Crippen LogP contribution in [0.1, 0.15) is 32.6 Å². The number of nitrogens with one attached hydrogen (secondary N) is 1. The Morgan fingerprint density at radius 2 is 2.40 bits per heavy atom. The Bertz CT molecular complexity index is 306. The summed E-state index contributed by atoms with van der Waals surface area (Å²) in [6.45, 7) is 3.45. The Morgan fingerprint density at radius 3 is 3.07 bits per heavy atom. The summed E-state index contributed by atoms with van der Waals surface area (Å²) >= 11 is 0. The molecule has 1 saturated carbocycles. The predicted octanol–water partition coefficient (Wildman–Crippen LogP) is 2.66. The van der Waals surface area contributed by atoms with Gasteiger partial charge in [-0.05, 0) is 24.7 Å². The molecule has 15 heavy (non-hydrogen) atoms. The molecule has 1 aromatic rings. The molecule has 0 aromatic carbocycles. The van der Waals surface area contributed by atoms with Crippen LogP contribution in [0.3, 0.4) is 0 Å². The first-order chi connectivity index (χ1) is 7.25. The highest BCUT2D eigenvalue weighted by Crippen LogP contribution is 2.28. The van der Waals surface area contributed by atoms with Crippen LogP contribution in [0.4, 0.5) is 5.95 Å². The molecule has 2 unspecified atom stereocenters. The highest BCUT2D eigenvalue weighted by Gasteiger charge is 2.18. The number of aryl methyl sites for hydroxylation is 1. The third kappa shape index (κ3) is 2.74. The van der Waals surface area contributed by atoms with Gasteiger partial charge in [0.2, 0.25) is 5.95 Å². The molecule has 0 amide bonds. The van der Waals surface area contributed by atoms with E-state index in [0.717, 1.165) is 24.3 Å². The van der Waals surface area contributed by atoms with Gasteiger partial charge in [-0.2, -0.15) is 0 Å². The zero-order valence-corrected chi connectivity index (χ0v) is 9.74. The molecule has 2 rings (SSSR count). The monoisotopic (exact) mass is 207 g/mol. The van der Waals surface area contributed by atoms with Crippen molar-refractivity contribution in [2.24, 2.45) is 18.9 Å². The molecule has 3 nitrogen and oxygen atoms in total. The van der Waals surface area contributed by atoms with Gasteiger partial charge in [0.15, 0.2) is 0 Å². The minimum atomic E-state index is 0.838. The fraction of sp³-hybridized carbons (Fsp3) is 0.750. The summed E-state index contributed by atoms with van der Waals surface area (Å²) < 4.78 is 2.03. The summed E-state index contributed by atoms with van der Waals surface area (Å²) in [5.41, 5.74) is 0. The normalized spacial score (nSPS) is 26.5. The maximum atomic E-state index is 4.27. The van der Waals surface area contributed by atoms with Gasteiger partial charge in [-0.1, -0.05) is 19.8 Å². The van der Waals surface area contributed by atoms with Crippen LogP contribution in [0.5, 0.6) is 0 Å². The number of rotatable bonds is 3. The number of anilines is 1. The Hall–Kier alpha value is -0.990. The van der Waals surface area contributed by atoms with E-state index in [-0.39, 0.29) is 0 Å². The van der Waals surface area contributed by atoms with Crippen LogP contribution in [0.2, 0.25) is 0 Å². The fourth-order valence-corrected chi connectivity index (χ4v) is 2.52. The van der Waals surface area contributed by atoms with Gasteiger partial charge in [-0.25, -0.2) is 4.98 Å². The number of hydrogen-bond donors (Lipinski definition) is 1. The van der Waals surface area contributed by atoms with Crippen LogP contribution in [0.25, 0.3) is 0 Å². The van der Waals surface area contributed by atoms with E-state index in [2.05, 4.69) is 17.2 Å². The SMILES string of the molecule is CC1CCCC(CNc2nccn2C)C1. The van der Waals surface area contributed by atoms with Gasteiger partial charge >= 0.3 is 0 Å². The third-order valence-electron chi connectivity index (χ3n) is 3.42. The molecule has 3 heteroatoms. The molecule has 0 radical (unpaired) electrons. The van der Waals surface area contributed by atoms with E-state index in [1.807, 2.05) is 24.0 Å². The van der Waals surface area contributed by atoms with Crippen molar-refractivity contribution >= 4 is 5.95 Å². The fourth-order valence-electron chi connectivity index (χ4n) is 2.52. The first-order valence-corrected chi connectivity index (χ1v) is 5.97. The molecule has 0 aliphatic heterocycles. The van der Waals surface area contributed by atoms with Gasteiger partial charge in [-0.15, -0.1) is 0 Å². The average molecular weight is 207 g/mol. The summed E-state index contributed by atoms with van der Waals surface area (Å²) in [6.07, 6.45) is 9.38. The lowest BCUT2D eigenvalue weighted by atomic mass is 9.82. The molecular weight excluding hydrogens is 186 g/mol. The van der Waals surface area contributed by atoms with Crippen LogP contribution in [0.15, 0.2) is 12.4 Å². The molecule has 1 fully saturated rings. The van der Waals surface area contributed by atoms with Gasteiger partial charge < -0.3 is 9.88 Å². The van der Waals surface area contributed by atoms with Crippen molar-refractivity contribution in [1.82, 2.24) is 9.55 Å². The lowest BCUT2D eigenvalue weighted by Gasteiger charge is -2.26. The Morgan fingerprint density at radius 1 is 1.53 bits per heavy atom. The van der Waals surface area contributed by atoms with Gasteiger partial charge in [-0.3, -0.25) is 0 Å². The first-order valence-electron chi connectivity index (χ1n) is 5.97. The highest BCUT2D eigenvalue weighted by atomic mass is 15.2. The quantitative estimate of drug-likeness (QED) is 0.825. The largest absolute Gasteiger partial charge is 0.355 e. The van der Waals surface area contributed by atoms with Gasteiger partial charge in [0, 0.05) is 26.0 Å². The van der Waals surface area contributed by atoms with Gasteiger partial charge in [0.25, 0.3) is 0 Å². The second kappa shape index (κ2) is 4.69. The molecule has 1 aliphatic rings. The second-order valence-corrected chi connectivity index (χ2v) is 4.88. The van der Waals surface area contributed by atoms with E-state index in [1.165, 1.54) is 25.7 Å². The zero-order chi connectivity index (χ0) is 10.7. The van der Waals surface area contributed by atoms with Crippen molar-refractivity contribution in [3.05, 3.63) is 12.4 Å². The summed E-state index contributed by atoms with van der Waals surface area (Å²) in [7, 11) is 2.03. The minimum Gasteiger partial charge on any atom is -0.355 e. The predicted molar refractivity (Wildman–Crippen MR) is 62.8 cm³/mol. The molecule has 0 spiro atoms. The smallest absolute Gasteiger partial charge is 0.202 e. The van der Waals surface area contributed by atoms with Crippen LogP contribution >= 0.6 is 0 Å². The molecule has 2 atom stereocenters. The molecule has 1 heterocycles. The van der Waals surface area contributed by atoms with Crippen molar-refractivity contribution in [2.75, 3.05) is 11.9 Å².